The van der Waals surface area contributed by atoms with Gasteiger partial charge < -0.3 is 20.6 Å². The number of halogens is 1. The summed E-state index contributed by atoms with van der Waals surface area (Å²) in [5, 5.41) is 28.2. The maximum Gasteiger partial charge on any atom is 0.329 e. The third-order valence-electron chi connectivity index (χ3n) is 3.70. The highest BCUT2D eigenvalue weighted by Crippen LogP contribution is 2.14. The SMILES string of the molecule is O=C(O)CC[C@@H](NC(=O)CC[C@@H](C(=O)O)N(F)C(=O)c1ccccc1)C(=O)O. The number of carbonyl (C=O) groups excluding carboxylic acids is 2. The van der Waals surface area contributed by atoms with Crippen molar-refractivity contribution in [2.45, 2.75) is 37.8 Å². The van der Waals surface area contributed by atoms with Crippen LogP contribution in [0.4, 0.5) is 4.48 Å². The van der Waals surface area contributed by atoms with Crippen LogP contribution in [-0.4, -0.2) is 62.2 Å². The largest absolute Gasteiger partial charge is 0.481 e. The first kappa shape index (κ1) is 22.5. The molecule has 0 aliphatic carbocycles. The summed E-state index contributed by atoms with van der Waals surface area (Å²) in [5.41, 5.74) is -0.0830. The Kier molecular flexibility index (Phi) is 8.53. The van der Waals surface area contributed by atoms with Gasteiger partial charge in [-0.2, -0.15) is 5.12 Å². The van der Waals surface area contributed by atoms with Gasteiger partial charge in [-0.15, -0.1) is 0 Å². The quantitative estimate of drug-likeness (QED) is 0.396. The van der Waals surface area contributed by atoms with Crippen molar-refractivity contribution >= 4 is 29.7 Å². The third kappa shape index (κ3) is 7.02. The molecule has 0 bridgehead atoms. The Bertz CT molecular complexity index is 740. The summed E-state index contributed by atoms with van der Waals surface area (Å²) in [6.45, 7) is 0. The van der Waals surface area contributed by atoms with Gasteiger partial charge in [-0.05, 0) is 25.0 Å². The molecule has 0 unspecified atom stereocenters. The summed E-state index contributed by atoms with van der Waals surface area (Å²) >= 11 is 0. The molecular formula is C17H19FN2O8. The van der Waals surface area contributed by atoms with Gasteiger partial charge in [-0.1, -0.05) is 22.7 Å². The minimum atomic E-state index is -1.96. The summed E-state index contributed by atoms with van der Waals surface area (Å²) in [6, 6.07) is 3.66. The number of benzene rings is 1. The molecule has 0 aliphatic heterocycles. The van der Waals surface area contributed by atoms with Crippen molar-refractivity contribution in [2.24, 2.45) is 0 Å². The van der Waals surface area contributed by atoms with Crippen molar-refractivity contribution in [3.05, 3.63) is 35.9 Å². The van der Waals surface area contributed by atoms with E-state index in [0.717, 1.165) is 0 Å². The number of nitrogens with one attached hydrogen (secondary N) is 1. The number of amides is 2. The van der Waals surface area contributed by atoms with E-state index < -0.39 is 66.2 Å². The molecule has 2 atom stereocenters. The lowest BCUT2D eigenvalue weighted by molar-refractivity contribution is -0.149. The summed E-state index contributed by atoms with van der Waals surface area (Å²) in [6.07, 6.45) is -2.07. The second kappa shape index (κ2) is 10.6. The zero-order valence-electron chi connectivity index (χ0n) is 14.6. The average molecular weight is 398 g/mol. The lowest BCUT2D eigenvalue weighted by atomic mass is 10.1. The van der Waals surface area contributed by atoms with Crippen LogP contribution in [0.15, 0.2) is 30.3 Å². The molecule has 0 aromatic heterocycles. The standard InChI is InChI=1S/C17H19FN2O8/c18-20(15(24)10-4-2-1-3-5-10)12(17(27)28)7-8-13(21)19-11(16(25)26)6-9-14(22)23/h1-5,11-12H,6-9H2,(H,19,21)(H,22,23)(H,25,26)(H,27,28)/t11-,12+/m1/s1. The zero-order valence-corrected chi connectivity index (χ0v) is 14.6. The molecule has 1 rings (SSSR count). The van der Waals surface area contributed by atoms with Gasteiger partial charge in [0.2, 0.25) is 5.91 Å². The Balaban J connectivity index is 2.70. The number of rotatable bonds is 11. The third-order valence-corrected chi connectivity index (χ3v) is 3.70. The number of hydrogen-bond acceptors (Lipinski definition) is 5. The molecule has 4 N–H and O–H groups in total. The van der Waals surface area contributed by atoms with Crippen LogP contribution in [0.2, 0.25) is 0 Å². The molecule has 0 aliphatic rings. The van der Waals surface area contributed by atoms with E-state index in [1.165, 1.54) is 24.3 Å². The van der Waals surface area contributed by atoms with Crippen LogP contribution in [0.5, 0.6) is 0 Å². The molecule has 2 amide bonds. The number of carboxylic acids is 3. The number of carboxylic acid groups (broad SMARTS) is 3. The van der Waals surface area contributed by atoms with Crippen LogP contribution < -0.4 is 5.32 Å². The molecule has 0 radical (unpaired) electrons. The summed E-state index contributed by atoms with van der Waals surface area (Å²) in [7, 11) is 0. The van der Waals surface area contributed by atoms with E-state index in [1.54, 1.807) is 6.07 Å². The van der Waals surface area contributed by atoms with Crippen molar-refractivity contribution in [1.82, 2.24) is 10.4 Å². The van der Waals surface area contributed by atoms with Crippen LogP contribution in [0, 0.1) is 0 Å². The molecule has 28 heavy (non-hydrogen) atoms. The van der Waals surface area contributed by atoms with Crippen molar-refractivity contribution < 1.29 is 43.8 Å². The Morgan fingerprint density at radius 1 is 0.929 bits per heavy atom. The van der Waals surface area contributed by atoms with E-state index in [-0.39, 0.29) is 12.0 Å². The fourth-order valence-corrected chi connectivity index (χ4v) is 2.24. The summed E-state index contributed by atoms with van der Waals surface area (Å²) in [4.78, 5) is 56.7. The molecule has 0 saturated carbocycles. The normalized spacial score (nSPS) is 12.5. The molecule has 152 valence electrons. The van der Waals surface area contributed by atoms with Gasteiger partial charge in [0.25, 0.3) is 5.91 Å². The second-order valence-corrected chi connectivity index (χ2v) is 5.77. The van der Waals surface area contributed by atoms with Crippen molar-refractivity contribution in [1.29, 1.82) is 0 Å². The van der Waals surface area contributed by atoms with Gasteiger partial charge in [0.15, 0.2) is 6.04 Å². The molecule has 11 heteroatoms. The minimum Gasteiger partial charge on any atom is -0.481 e. The van der Waals surface area contributed by atoms with Gasteiger partial charge >= 0.3 is 17.9 Å². The maximum atomic E-state index is 14.3. The highest BCUT2D eigenvalue weighted by Gasteiger charge is 2.32. The Morgan fingerprint density at radius 3 is 2.04 bits per heavy atom. The molecule has 1 aromatic rings. The van der Waals surface area contributed by atoms with Crippen molar-refractivity contribution in [2.75, 3.05) is 0 Å². The molecule has 0 fully saturated rings. The smallest absolute Gasteiger partial charge is 0.329 e. The number of hydrogen-bond donors (Lipinski definition) is 4. The van der Waals surface area contributed by atoms with Gasteiger partial charge in [-0.3, -0.25) is 14.4 Å². The van der Waals surface area contributed by atoms with E-state index >= 15 is 0 Å². The molecule has 0 spiro atoms. The number of aliphatic carboxylic acids is 3. The molecule has 0 heterocycles. The van der Waals surface area contributed by atoms with Gasteiger partial charge in [0.1, 0.15) is 6.04 Å². The van der Waals surface area contributed by atoms with E-state index in [2.05, 4.69) is 0 Å². The van der Waals surface area contributed by atoms with Crippen molar-refractivity contribution in [3.8, 4) is 0 Å². The van der Waals surface area contributed by atoms with Crippen LogP contribution in [0.25, 0.3) is 0 Å². The highest BCUT2D eigenvalue weighted by atomic mass is 19.2. The fourth-order valence-electron chi connectivity index (χ4n) is 2.24. The van der Waals surface area contributed by atoms with Gasteiger partial charge in [-0.25, -0.2) is 9.59 Å². The van der Waals surface area contributed by atoms with Crippen LogP contribution >= 0.6 is 0 Å². The van der Waals surface area contributed by atoms with Crippen LogP contribution in [0.3, 0.4) is 0 Å². The summed E-state index contributed by atoms with van der Waals surface area (Å²) in [5.74, 6) is -6.50. The lowest BCUT2D eigenvalue weighted by Gasteiger charge is -2.20. The lowest BCUT2D eigenvalue weighted by Crippen LogP contribution is -2.43. The maximum absolute atomic E-state index is 14.3. The molecular weight excluding hydrogens is 379 g/mol. The van der Waals surface area contributed by atoms with E-state index in [1.807, 2.05) is 5.32 Å². The van der Waals surface area contributed by atoms with E-state index in [4.69, 9.17) is 15.3 Å². The Labute approximate surface area is 158 Å². The first-order valence-electron chi connectivity index (χ1n) is 8.14. The second-order valence-electron chi connectivity index (χ2n) is 5.77. The van der Waals surface area contributed by atoms with E-state index in [9.17, 15) is 28.5 Å². The van der Waals surface area contributed by atoms with Gasteiger partial charge in [0, 0.05) is 18.4 Å². The zero-order chi connectivity index (χ0) is 21.3. The van der Waals surface area contributed by atoms with Gasteiger partial charge in [0.05, 0.1) is 0 Å². The van der Waals surface area contributed by atoms with Crippen LogP contribution in [0.1, 0.15) is 36.0 Å². The first-order valence-corrected chi connectivity index (χ1v) is 8.14. The predicted molar refractivity (Wildman–Crippen MR) is 90.8 cm³/mol. The fraction of sp³-hybridized carbons (Fsp3) is 0.353. The van der Waals surface area contributed by atoms with Crippen molar-refractivity contribution in [3.63, 3.8) is 0 Å². The van der Waals surface area contributed by atoms with Crippen LogP contribution in [-0.2, 0) is 19.2 Å². The molecule has 0 saturated heterocycles. The Hall–Kier alpha value is -3.50. The molecule has 1 aromatic carbocycles. The van der Waals surface area contributed by atoms with E-state index in [0.29, 0.717) is 0 Å². The molecule has 10 nitrogen and oxygen atoms in total. The minimum absolute atomic E-state index is 0.0830. The number of carbonyl (C=O) groups is 5. The number of nitrogens with zero attached hydrogens (tertiary/aromatic N) is 1. The topological polar surface area (TPSA) is 161 Å². The monoisotopic (exact) mass is 398 g/mol. The average Bonchev–Trinajstić information content (AvgIpc) is 2.64. The highest BCUT2D eigenvalue weighted by molar-refractivity contribution is 5.96. The summed E-state index contributed by atoms with van der Waals surface area (Å²) < 4.78 is 14.3. The first-order chi connectivity index (χ1) is 13.1. The Morgan fingerprint density at radius 2 is 1.54 bits per heavy atom. The predicted octanol–water partition coefficient (Wildman–Crippen LogP) is 0.681.